The van der Waals surface area contributed by atoms with Gasteiger partial charge in [-0.1, -0.05) is 13.8 Å². The number of benzene rings is 1. The van der Waals surface area contributed by atoms with Gasteiger partial charge in [0, 0.05) is 5.69 Å². The zero-order chi connectivity index (χ0) is 17.0. The van der Waals surface area contributed by atoms with Crippen molar-refractivity contribution < 1.29 is 24.2 Å². The van der Waals surface area contributed by atoms with Gasteiger partial charge in [0.2, 0.25) is 0 Å². The van der Waals surface area contributed by atoms with Crippen LogP contribution in [0.4, 0.5) is 5.69 Å². The minimum atomic E-state index is -1.57. The van der Waals surface area contributed by atoms with E-state index in [9.17, 15) is 14.4 Å². The minimum Gasteiger partial charge on any atom is -0.474 e. The van der Waals surface area contributed by atoms with Gasteiger partial charge < -0.3 is 20.5 Å². The van der Waals surface area contributed by atoms with Gasteiger partial charge in [-0.3, -0.25) is 4.79 Å². The summed E-state index contributed by atoms with van der Waals surface area (Å²) in [5.41, 5.74) is 0.630. The van der Waals surface area contributed by atoms with Crippen molar-refractivity contribution in [3.05, 3.63) is 29.8 Å². The molecule has 0 heterocycles. The summed E-state index contributed by atoms with van der Waals surface area (Å²) >= 11 is 0. The first-order valence-electron chi connectivity index (χ1n) is 6.98. The number of rotatable bonds is 5. The van der Waals surface area contributed by atoms with Crippen LogP contribution in [0.1, 0.15) is 31.1 Å². The fourth-order valence-corrected chi connectivity index (χ4v) is 1.34. The van der Waals surface area contributed by atoms with Crippen LogP contribution in [0.5, 0.6) is 0 Å². The van der Waals surface area contributed by atoms with Crippen LogP contribution in [0.25, 0.3) is 0 Å². The van der Waals surface area contributed by atoms with Gasteiger partial charge in [0.15, 0.2) is 0 Å². The van der Waals surface area contributed by atoms with Crippen LogP contribution in [-0.2, 0) is 14.3 Å². The van der Waals surface area contributed by atoms with Crippen LogP contribution < -0.4 is 10.6 Å². The summed E-state index contributed by atoms with van der Waals surface area (Å²) in [7, 11) is 0. The van der Waals surface area contributed by atoms with E-state index >= 15 is 0 Å². The lowest BCUT2D eigenvalue weighted by molar-refractivity contribution is -0.147. The maximum absolute atomic E-state index is 11.3. The van der Waals surface area contributed by atoms with E-state index in [0.717, 1.165) is 13.1 Å². The van der Waals surface area contributed by atoms with E-state index in [0.29, 0.717) is 11.3 Å². The standard InChI is InChI=1S/C11H11NO5.C4H11N/c1-2-17-11(16)7-3-5-8(6-4-7)12-9(13)10(14)15;1-3-5-4-2/h3-6H,2H2,1H3,(H,12,13)(H,14,15);5H,3-4H2,1-2H3. The van der Waals surface area contributed by atoms with E-state index in [-0.39, 0.29) is 6.61 Å². The summed E-state index contributed by atoms with van der Waals surface area (Å²) in [6, 6.07) is 5.73. The average Bonchev–Trinajstić information content (AvgIpc) is 2.49. The maximum atomic E-state index is 11.3. The summed E-state index contributed by atoms with van der Waals surface area (Å²) in [6.45, 7) is 8.36. The Hall–Kier alpha value is -2.41. The number of hydrogen-bond donors (Lipinski definition) is 3. The molecule has 0 bridgehead atoms. The maximum Gasteiger partial charge on any atom is 0.394 e. The zero-order valence-corrected chi connectivity index (χ0v) is 13.0. The fraction of sp³-hybridized carbons (Fsp3) is 0.400. The van der Waals surface area contributed by atoms with Crippen molar-refractivity contribution in [1.82, 2.24) is 5.32 Å². The van der Waals surface area contributed by atoms with Crippen LogP contribution >= 0.6 is 0 Å². The molecular formula is C15H22N2O5. The van der Waals surface area contributed by atoms with Crippen LogP contribution in [0.2, 0.25) is 0 Å². The van der Waals surface area contributed by atoms with Gasteiger partial charge in [-0.15, -0.1) is 0 Å². The molecule has 7 nitrogen and oxygen atoms in total. The van der Waals surface area contributed by atoms with Gasteiger partial charge in [-0.2, -0.15) is 0 Å². The number of esters is 1. The number of carbonyl (C=O) groups excluding carboxylic acids is 2. The first kappa shape index (κ1) is 19.6. The average molecular weight is 310 g/mol. The Bertz CT molecular complexity index is 483. The third-order valence-corrected chi connectivity index (χ3v) is 2.35. The molecule has 0 aliphatic rings. The van der Waals surface area contributed by atoms with Crippen LogP contribution in [0.3, 0.4) is 0 Å². The molecule has 0 fully saturated rings. The number of anilines is 1. The van der Waals surface area contributed by atoms with E-state index in [4.69, 9.17) is 9.84 Å². The fourth-order valence-electron chi connectivity index (χ4n) is 1.34. The van der Waals surface area contributed by atoms with Crippen LogP contribution in [0, 0.1) is 0 Å². The van der Waals surface area contributed by atoms with Gasteiger partial charge in [-0.05, 0) is 44.3 Å². The number of aliphatic carboxylic acids is 1. The van der Waals surface area contributed by atoms with Crippen molar-refractivity contribution in [2.24, 2.45) is 0 Å². The van der Waals surface area contributed by atoms with E-state index in [2.05, 4.69) is 24.5 Å². The molecule has 0 radical (unpaired) electrons. The number of ether oxygens (including phenoxy) is 1. The number of amides is 1. The molecule has 7 heteroatoms. The molecule has 3 N–H and O–H groups in total. The third kappa shape index (κ3) is 8.01. The topological polar surface area (TPSA) is 105 Å². The van der Waals surface area contributed by atoms with Gasteiger partial charge in [0.25, 0.3) is 0 Å². The molecule has 0 saturated carbocycles. The van der Waals surface area contributed by atoms with Crippen LogP contribution in [0.15, 0.2) is 24.3 Å². The number of hydrogen-bond acceptors (Lipinski definition) is 5. The Balaban J connectivity index is 0.000000763. The Morgan fingerprint density at radius 1 is 1.05 bits per heavy atom. The summed E-state index contributed by atoms with van der Waals surface area (Å²) in [4.78, 5) is 32.4. The molecule has 0 saturated heterocycles. The van der Waals surface area contributed by atoms with Crippen LogP contribution in [-0.4, -0.2) is 42.6 Å². The van der Waals surface area contributed by atoms with Gasteiger partial charge in [0.05, 0.1) is 12.2 Å². The largest absolute Gasteiger partial charge is 0.474 e. The second-order valence-electron chi connectivity index (χ2n) is 4.01. The van der Waals surface area contributed by atoms with E-state index in [1.165, 1.54) is 24.3 Å². The van der Waals surface area contributed by atoms with Crippen molar-refractivity contribution in [3.63, 3.8) is 0 Å². The second kappa shape index (κ2) is 11.3. The Labute approximate surface area is 129 Å². The van der Waals surface area contributed by atoms with E-state index in [1.54, 1.807) is 6.92 Å². The smallest absolute Gasteiger partial charge is 0.394 e. The highest BCUT2D eigenvalue weighted by Gasteiger charge is 2.11. The number of carboxylic acid groups (broad SMARTS) is 1. The number of carbonyl (C=O) groups is 3. The molecule has 0 aromatic heterocycles. The normalized spacial score (nSPS) is 9.23. The van der Waals surface area contributed by atoms with Crippen molar-refractivity contribution in [3.8, 4) is 0 Å². The molecule has 0 unspecified atom stereocenters. The van der Waals surface area contributed by atoms with E-state index in [1.807, 2.05) is 0 Å². The zero-order valence-electron chi connectivity index (χ0n) is 13.0. The minimum absolute atomic E-state index is 0.274. The molecule has 22 heavy (non-hydrogen) atoms. The lowest BCUT2D eigenvalue weighted by atomic mass is 10.2. The summed E-state index contributed by atoms with van der Waals surface area (Å²) < 4.78 is 4.77. The van der Waals surface area contributed by atoms with Crippen molar-refractivity contribution in [2.75, 3.05) is 25.0 Å². The molecule has 122 valence electrons. The van der Waals surface area contributed by atoms with Crippen molar-refractivity contribution in [2.45, 2.75) is 20.8 Å². The number of nitrogens with one attached hydrogen (secondary N) is 2. The highest BCUT2D eigenvalue weighted by molar-refractivity contribution is 6.36. The first-order valence-corrected chi connectivity index (χ1v) is 6.98. The molecule has 1 aromatic carbocycles. The van der Waals surface area contributed by atoms with Gasteiger partial charge in [0.1, 0.15) is 0 Å². The SMILES string of the molecule is CCNCC.CCOC(=O)c1ccc(NC(=O)C(=O)O)cc1. The van der Waals surface area contributed by atoms with Crippen molar-refractivity contribution in [1.29, 1.82) is 0 Å². The van der Waals surface area contributed by atoms with Gasteiger partial charge in [-0.25, -0.2) is 9.59 Å². The van der Waals surface area contributed by atoms with E-state index < -0.39 is 17.8 Å². The summed E-state index contributed by atoms with van der Waals surface area (Å²) in [6.07, 6.45) is 0. The quantitative estimate of drug-likeness (QED) is 0.562. The second-order valence-corrected chi connectivity index (χ2v) is 4.01. The molecule has 0 atom stereocenters. The Morgan fingerprint density at radius 2 is 1.59 bits per heavy atom. The molecule has 0 aliphatic carbocycles. The molecule has 0 aliphatic heterocycles. The third-order valence-electron chi connectivity index (χ3n) is 2.35. The molecule has 1 amide bonds. The van der Waals surface area contributed by atoms with Gasteiger partial charge >= 0.3 is 17.8 Å². The Kier molecular flexibility index (Phi) is 10.0. The van der Waals surface area contributed by atoms with Crippen molar-refractivity contribution >= 4 is 23.5 Å². The molecule has 0 spiro atoms. The predicted molar refractivity (Wildman–Crippen MR) is 82.9 cm³/mol. The lowest BCUT2D eigenvalue weighted by Crippen LogP contribution is -2.21. The highest BCUT2D eigenvalue weighted by atomic mass is 16.5. The predicted octanol–water partition coefficient (Wildman–Crippen LogP) is 1.50. The summed E-state index contributed by atoms with van der Waals surface area (Å²) in [5.74, 6) is -3.17. The number of carboxylic acids is 1. The monoisotopic (exact) mass is 310 g/mol. The highest BCUT2D eigenvalue weighted by Crippen LogP contribution is 2.10. The molecule has 1 rings (SSSR count). The summed E-state index contributed by atoms with van der Waals surface area (Å²) in [5, 5.41) is 13.6. The molecule has 1 aromatic rings. The lowest BCUT2D eigenvalue weighted by Gasteiger charge is -2.04. The molecular weight excluding hydrogens is 288 g/mol. The Morgan fingerprint density at radius 3 is 1.95 bits per heavy atom. The first-order chi connectivity index (χ1) is 10.5.